The number of nitro groups is 1. The third-order valence-corrected chi connectivity index (χ3v) is 7.01. The molecule has 0 aliphatic carbocycles. The van der Waals surface area contributed by atoms with E-state index in [0.717, 1.165) is 42.9 Å². The standard InChI is InChI=1S/C28H30N6O6/c1-2-40-26(35)19-33-23-15-24(25(34(38)39)14-22(23)29-27(36)28(33)37)32-9-8-21(18-32)17-31-12-10-30(11-13-31)16-20-6-4-3-5-7-20/h3-9,14-15,18H,2,10-13,16-17,19H2,1H3,(H,29,36). The first kappa shape index (κ1) is 27.0. The van der Waals surface area contributed by atoms with E-state index in [1.165, 1.54) is 17.7 Å². The molecular weight excluding hydrogens is 516 g/mol. The second kappa shape index (κ2) is 11.7. The summed E-state index contributed by atoms with van der Waals surface area (Å²) in [6.45, 7) is 6.56. The van der Waals surface area contributed by atoms with Gasteiger partial charge >= 0.3 is 17.1 Å². The zero-order valence-electron chi connectivity index (χ0n) is 22.1. The van der Waals surface area contributed by atoms with Crippen molar-refractivity contribution in [1.29, 1.82) is 0 Å². The molecule has 0 atom stereocenters. The van der Waals surface area contributed by atoms with E-state index in [2.05, 4.69) is 39.0 Å². The Balaban J connectivity index is 1.38. The number of rotatable bonds is 9. The fourth-order valence-corrected chi connectivity index (χ4v) is 5.03. The summed E-state index contributed by atoms with van der Waals surface area (Å²) in [5.41, 5.74) is 0.568. The first-order valence-electron chi connectivity index (χ1n) is 13.1. The normalized spacial score (nSPS) is 14.4. The Hall–Kier alpha value is -4.55. The van der Waals surface area contributed by atoms with E-state index in [-0.39, 0.29) is 29.0 Å². The molecule has 0 unspecified atom stereocenters. The molecule has 1 saturated heterocycles. The van der Waals surface area contributed by atoms with Crippen molar-refractivity contribution < 1.29 is 14.5 Å². The Labute approximate surface area is 229 Å². The van der Waals surface area contributed by atoms with E-state index in [0.29, 0.717) is 6.54 Å². The van der Waals surface area contributed by atoms with Crippen LogP contribution in [0.3, 0.4) is 0 Å². The molecule has 0 radical (unpaired) electrons. The van der Waals surface area contributed by atoms with Gasteiger partial charge in [0.25, 0.3) is 5.69 Å². The Morgan fingerprint density at radius 2 is 1.68 bits per heavy atom. The maximum atomic E-state index is 12.6. The van der Waals surface area contributed by atoms with Gasteiger partial charge in [0.1, 0.15) is 12.2 Å². The van der Waals surface area contributed by atoms with Crippen molar-refractivity contribution in [3.8, 4) is 5.69 Å². The number of nitro benzene ring substituents is 1. The lowest BCUT2D eigenvalue weighted by molar-refractivity contribution is -0.384. The molecule has 2 aromatic carbocycles. The van der Waals surface area contributed by atoms with Crippen LogP contribution in [-0.4, -0.2) is 67.6 Å². The van der Waals surface area contributed by atoms with Crippen molar-refractivity contribution in [2.75, 3.05) is 32.8 Å². The zero-order chi connectivity index (χ0) is 28.2. The number of esters is 1. The van der Waals surface area contributed by atoms with E-state index >= 15 is 0 Å². The maximum absolute atomic E-state index is 12.6. The summed E-state index contributed by atoms with van der Waals surface area (Å²) in [6.07, 6.45) is 3.55. The van der Waals surface area contributed by atoms with E-state index in [1.807, 2.05) is 18.3 Å². The Morgan fingerprint density at radius 1 is 1.00 bits per heavy atom. The van der Waals surface area contributed by atoms with Gasteiger partial charge in [-0.25, -0.2) is 0 Å². The van der Waals surface area contributed by atoms with Crippen LogP contribution in [0.1, 0.15) is 18.1 Å². The monoisotopic (exact) mass is 546 g/mol. The van der Waals surface area contributed by atoms with Gasteiger partial charge in [0.2, 0.25) is 0 Å². The lowest BCUT2D eigenvalue weighted by Crippen LogP contribution is -2.45. The summed E-state index contributed by atoms with van der Waals surface area (Å²) in [5.74, 6) is -0.691. The van der Waals surface area contributed by atoms with Crippen LogP contribution >= 0.6 is 0 Å². The third kappa shape index (κ3) is 5.87. The number of H-pyrrole nitrogens is 1. The van der Waals surface area contributed by atoms with Crippen LogP contribution in [0.15, 0.2) is 70.5 Å². The molecule has 4 aromatic rings. The van der Waals surface area contributed by atoms with Crippen molar-refractivity contribution in [3.05, 3.63) is 103 Å². The average Bonchev–Trinajstić information content (AvgIpc) is 3.40. The highest BCUT2D eigenvalue weighted by atomic mass is 16.6. The molecule has 3 heterocycles. The molecule has 40 heavy (non-hydrogen) atoms. The Morgan fingerprint density at radius 3 is 2.33 bits per heavy atom. The minimum atomic E-state index is -0.981. The van der Waals surface area contributed by atoms with Crippen molar-refractivity contribution in [1.82, 2.24) is 23.9 Å². The van der Waals surface area contributed by atoms with Crippen molar-refractivity contribution >= 4 is 22.7 Å². The summed E-state index contributed by atoms with van der Waals surface area (Å²) < 4.78 is 7.56. The smallest absolute Gasteiger partial charge is 0.326 e. The summed E-state index contributed by atoms with van der Waals surface area (Å²) in [7, 11) is 0. The van der Waals surface area contributed by atoms with Gasteiger partial charge in [-0.1, -0.05) is 30.3 Å². The fraction of sp³-hybridized carbons (Fsp3) is 0.321. The number of carbonyl (C=O) groups is 1. The number of aromatic amines is 1. The van der Waals surface area contributed by atoms with E-state index in [9.17, 15) is 24.5 Å². The summed E-state index contributed by atoms with van der Waals surface area (Å²) >= 11 is 0. The molecule has 1 fully saturated rings. The molecule has 1 aliphatic heterocycles. The molecule has 0 bridgehead atoms. The summed E-state index contributed by atoms with van der Waals surface area (Å²) in [5, 5.41) is 12.0. The lowest BCUT2D eigenvalue weighted by Gasteiger charge is -2.34. The van der Waals surface area contributed by atoms with Gasteiger partial charge in [0.05, 0.1) is 22.6 Å². The maximum Gasteiger partial charge on any atom is 0.326 e. The molecule has 0 saturated carbocycles. The van der Waals surface area contributed by atoms with Crippen LogP contribution in [-0.2, 0) is 29.2 Å². The Bertz CT molecular complexity index is 1650. The van der Waals surface area contributed by atoms with Gasteiger partial charge in [-0.05, 0) is 30.2 Å². The summed E-state index contributed by atoms with van der Waals surface area (Å²) in [4.78, 5) is 55.5. The van der Waals surface area contributed by atoms with Crippen LogP contribution in [0.25, 0.3) is 16.7 Å². The average molecular weight is 547 g/mol. The van der Waals surface area contributed by atoms with Crippen molar-refractivity contribution in [3.63, 3.8) is 0 Å². The molecule has 0 spiro atoms. The zero-order valence-corrected chi connectivity index (χ0v) is 22.1. The number of carbonyl (C=O) groups excluding carboxylic acids is 1. The first-order chi connectivity index (χ1) is 19.3. The van der Waals surface area contributed by atoms with Gasteiger partial charge in [-0.15, -0.1) is 0 Å². The van der Waals surface area contributed by atoms with Gasteiger partial charge in [-0.2, -0.15) is 0 Å². The highest BCUT2D eigenvalue weighted by molar-refractivity contribution is 5.83. The predicted octanol–water partition coefficient (Wildman–Crippen LogP) is 2.27. The number of nitrogens with zero attached hydrogens (tertiary/aromatic N) is 5. The molecule has 5 rings (SSSR count). The van der Waals surface area contributed by atoms with Crippen molar-refractivity contribution in [2.24, 2.45) is 0 Å². The van der Waals surface area contributed by atoms with Crippen LogP contribution in [0.2, 0.25) is 0 Å². The number of hydrogen-bond donors (Lipinski definition) is 1. The molecule has 1 N–H and O–H groups in total. The second-order valence-corrected chi connectivity index (χ2v) is 9.73. The van der Waals surface area contributed by atoms with Crippen LogP contribution in [0.4, 0.5) is 5.69 Å². The molecule has 1 aliphatic rings. The minimum Gasteiger partial charge on any atom is -0.465 e. The molecular formula is C28H30N6O6. The SMILES string of the molecule is CCOC(=O)Cn1c(=O)c(=O)[nH]c2cc([N+](=O)[O-])c(-n3ccc(CN4CCN(Cc5ccccc5)CC4)c3)cc21. The van der Waals surface area contributed by atoms with Crippen molar-refractivity contribution in [2.45, 2.75) is 26.6 Å². The van der Waals surface area contributed by atoms with Crippen LogP contribution in [0, 0.1) is 10.1 Å². The number of fused-ring (bicyclic) bond motifs is 1. The molecule has 208 valence electrons. The highest BCUT2D eigenvalue weighted by Crippen LogP contribution is 2.28. The lowest BCUT2D eigenvalue weighted by atomic mass is 10.2. The number of aromatic nitrogens is 3. The topological polar surface area (TPSA) is 136 Å². The second-order valence-electron chi connectivity index (χ2n) is 9.73. The largest absolute Gasteiger partial charge is 0.465 e. The van der Waals surface area contributed by atoms with Crippen LogP contribution < -0.4 is 11.1 Å². The van der Waals surface area contributed by atoms with Gasteiger partial charge < -0.3 is 14.3 Å². The number of hydrogen-bond acceptors (Lipinski definition) is 8. The van der Waals surface area contributed by atoms with Gasteiger partial charge in [-0.3, -0.25) is 38.9 Å². The van der Waals surface area contributed by atoms with E-state index in [4.69, 9.17) is 4.74 Å². The molecule has 2 aromatic heterocycles. The quantitative estimate of drug-likeness (QED) is 0.146. The fourth-order valence-electron chi connectivity index (χ4n) is 5.03. The number of nitrogens with one attached hydrogen (secondary N) is 1. The van der Waals surface area contributed by atoms with E-state index in [1.54, 1.807) is 17.7 Å². The molecule has 12 heteroatoms. The number of piperazine rings is 1. The third-order valence-electron chi connectivity index (χ3n) is 7.01. The number of benzene rings is 2. The highest BCUT2D eigenvalue weighted by Gasteiger charge is 2.22. The molecule has 0 amide bonds. The number of ether oxygens (including phenoxy) is 1. The van der Waals surface area contributed by atoms with Crippen LogP contribution in [0.5, 0.6) is 0 Å². The van der Waals surface area contributed by atoms with Gasteiger partial charge in [0, 0.05) is 57.7 Å². The summed E-state index contributed by atoms with van der Waals surface area (Å²) in [6, 6.07) is 14.9. The first-order valence-corrected chi connectivity index (χ1v) is 13.1. The molecule has 12 nitrogen and oxygen atoms in total. The Kier molecular flexibility index (Phi) is 7.89. The minimum absolute atomic E-state index is 0.0742. The predicted molar refractivity (Wildman–Crippen MR) is 148 cm³/mol. The van der Waals surface area contributed by atoms with E-state index < -0.39 is 28.6 Å². The van der Waals surface area contributed by atoms with Gasteiger partial charge in [0.15, 0.2) is 0 Å².